The molecule has 1 aromatic heterocycles. The highest BCUT2D eigenvalue weighted by Crippen LogP contribution is 2.39. The Balaban J connectivity index is 1.81. The van der Waals surface area contributed by atoms with Gasteiger partial charge in [-0.1, -0.05) is 0 Å². The van der Waals surface area contributed by atoms with Gasteiger partial charge in [0.25, 0.3) is 0 Å². The monoisotopic (exact) mass is 386 g/mol. The van der Waals surface area contributed by atoms with Crippen molar-refractivity contribution in [3.05, 3.63) is 40.0 Å². The van der Waals surface area contributed by atoms with E-state index in [0.717, 1.165) is 10.0 Å². The van der Waals surface area contributed by atoms with E-state index in [0.29, 0.717) is 22.9 Å². The zero-order chi connectivity index (χ0) is 16.4. The van der Waals surface area contributed by atoms with Crippen molar-refractivity contribution in [3.63, 3.8) is 0 Å². The minimum absolute atomic E-state index is 0.0468. The van der Waals surface area contributed by atoms with Crippen molar-refractivity contribution in [1.29, 1.82) is 0 Å². The minimum atomic E-state index is -2.91. The second-order valence-electron chi connectivity index (χ2n) is 4.86. The van der Waals surface area contributed by atoms with Crippen molar-refractivity contribution in [1.82, 2.24) is 4.98 Å². The first-order chi connectivity index (χ1) is 11.0. The molecule has 0 radical (unpaired) electrons. The van der Waals surface area contributed by atoms with Crippen LogP contribution in [0.5, 0.6) is 17.2 Å². The van der Waals surface area contributed by atoms with E-state index in [4.69, 9.17) is 9.47 Å². The molecular weight excluding hydrogens is 374 g/mol. The number of benzene rings is 1. The van der Waals surface area contributed by atoms with Crippen LogP contribution in [0.15, 0.2) is 28.9 Å². The van der Waals surface area contributed by atoms with Gasteiger partial charge in [-0.25, -0.2) is 4.98 Å². The molecule has 0 saturated carbocycles. The van der Waals surface area contributed by atoms with Gasteiger partial charge in [0.05, 0.1) is 0 Å². The predicted molar refractivity (Wildman–Crippen MR) is 83.2 cm³/mol. The number of aromatic nitrogens is 1. The molecule has 1 N–H and O–H groups in total. The predicted octanol–water partition coefficient (Wildman–Crippen LogP) is 4.09. The summed E-state index contributed by atoms with van der Waals surface area (Å²) in [7, 11) is 0. The largest absolute Gasteiger partial charge is 0.454 e. The number of fused-ring (bicyclic) bond motifs is 1. The molecular formula is C15H13BrF2N2O3. The van der Waals surface area contributed by atoms with Gasteiger partial charge in [0.15, 0.2) is 11.5 Å². The van der Waals surface area contributed by atoms with Crippen LogP contribution in [0.1, 0.15) is 11.1 Å². The van der Waals surface area contributed by atoms with E-state index < -0.39 is 6.61 Å². The number of anilines is 1. The maximum Gasteiger partial charge on any atom is 0.387 e. The van der Waals surface area contributed by atoms with Gasteiger partial charge in [0.2, 0.25) is 6.79 Å². The first kappa shape index (κ1) is 15.8. The lowest BCUT2D eigenvalue weighted by atomic mass is 10.1. The number of nitrogens with one attached hydrogen (secondary N) is 1. The van der Waals surface area contributed by atoms with Crippen LogP contribution >= 0.6 is 15.9 Å². The Kier molecular flexibility index (Phi) is 4.51. The summed E-state index contributed by atoms with van der Waals surface area (Å²) < 4.78 is 41.1. The average molecular weight is 387 g/mol. The number of ether oxygens (including phenoxy) is 3. The lowest BCUT2D eigenvalue weighted by molar-refractivity contribution is -0.0504. The highest BCUT2D eigenvalue weighted by molar-refractivity contribution is 9.10. The van der Waals surface area contributed by atoms with Crippen LogP contribution in [-0.4, -0.2) is 18.4 Å². The zero-order valence-electron chi connectivity index (χ0n) is 12.1. The third-order valence-corrected chi connectivity index (χ3v) is 4.11. The number of nitrogens with zero attached hydrogens (tertiary/aromatic N) is 1. The van der Waals surface area contributed by atoms with Gasteiger partial charge in [-0.15, -0.1) is 0 Å². The Morgan fingerprint density at radius 3 is 2.74 bits per heavy atom. The fourth-order valence-electron chi connectivity index (χ4n) is 2.13. The van der Waals surface area contributed by atoms with Crippen molar-refractivity contribution in [3.8, 4) is 17.2 Å². The summed E-state index contributed by atoms with van der Waals surface area (Å²) in [6, 6.07) is 4.88. The Morgan fingerprint density at radius 1 is 1.30 bits per heavy atom. The smallest absolute Gasteiger partial charge is 0.387 e. The quantitative estimate of drug-likeness (QED) is 0.838. The van der Waals surface area contributed by atoms with Crippen molar-refractivity contribution in [2.45, 2.75) is 20.1 Å². The van der Waals surface area contributed by atoms with Crippen LogP contribution in [0.2, 0.25) is 0 Å². The summed E-state index contributed by atoms with van der Waals surface area (Å²) in [6.45, 7) is -0.661. The van der Waals surface area contributed by atoms with Gasteiger partial charge in [-0.3, -0.25) is 0 Å². The summed E-state index contributed by atoms with van der Waals surface area (Å²) >= 11 is 3.37. The lowest BCUT2D eigenvalue weighted by Gasteiger charge is -2.13. The number of alkyl halides is 2. The molecule has 0 unspecified atom stereocenters. The average Bonchev–Trinajstić information content (AvgIpc) is 2.94. The summed E-state index contributed by atoms with van der Waals surface area (Å²) in [5.41, 5.74) is 1.54. The van der Waals surface area contributed by atoms with E-state index in [9.17, 15) is 8.78 Å². The molecule has 0 fully saturated rings. The highest BCUT2D eigenvalue weighted by Gasteiger charge is 2.20. The molecule has 122 valence electrons. The van der Waals surface area contributed by atoms with Crippen molar-refractivity contribution in [2.75, 3.05) is 12.1 Å². The molecule has 2 heterocycles. The molecule has 5 nitrogen and oxygen atoms in total. The van der Waals surface area contributed by atoms with Crippen molar-refractivity contribution in [2.24, 2.45) is 0 Å². The molecule has 1 aliphatic rings. The van der Waals surface area contributed by atoms with Crippen molar-refractivity contribution < 1.29 is 23.0 Å². The SMILES string of the molecule is Cc1cc(NCc2cc3c(cc2OC(F)F)OCO3)ncc1Br. The fourth-order valence-corrected chi connectivity index (χ4v) is 2.35. The number of pyridine rings is 1. The third-order valence-electron chi connectivity index (χ3n) is 3.28. The maximum atomic E-state index is 12.6. The Hall–Kier alpha value is -2.09. The van der Waals surface area contributed by atoms with E-state index in [1.807, 2.05) is 13.0 Å². The van der Waals surface area contributed by atoms with Crippen LogP contribution in [-0.2, 0) is 6.54 Å². The Labute approximate surface area is 139 Å². The summed E-state index contributed by atoms with van der Waals surface area (Å²) in [4.78, 5) is 4.21. The van der Waals surface area contributed by atoms with E-state index in [2.05, 4.69) is 31.0 Å². The molecule has 0 bridgehead atoms. The normalized spacial score (nSPS) is 12.6. The fraction of sp³-hybridized carbons (Fsp3) is 0.267. The molecule has 2 aromatic rings. The molecule has 0 saturated heterocycles. The van der Waals surface area contributed by atoms with E-state index in [1.165, 1.54) is 6.07 Å². The van der Waals surface area contributed by atoms with Crippen LogP contribution < -0.4 is 19.5 Å². The maximum absolute atomic E-state index is 12.6. The number of rotatable bonds is 5. The van der Waals surface area contributed by atoms with Crippen LogP contribution in [0.25, 0.3) is 0 Å². The Morgan fingerprint density at radius 2 is 2.04 bits per heavy atom. The second-order valence-corrected chi connectivity index (χ2v) is 5.72. The molecule has 0 atom stereocenters. The van der Waals surface area contributed by atoms with Gasteiger partial charge < -0.3 is 19.5 Å². The first-order valence-corrected chi connectivity index (χ1v) is 7.55. The van der Waals surface area contributed by atoms with E-state index in [1.54, 1.807) is 12.3 Å². The highest BCUT2D eigenvalue weighted by atomic mass is 79.9. The molecule has 0 amide bonds. The van der Waals surface area contributed by atoms with Crippen LogP contribution in [0.3, 0.4) is 0 Å². The van der Waals surface area contributed by atoms with Crippen molar-refractivity contribution >= 4 is 21.7 Å². The first-order valence-electron chi connectivity index (χ1n) is 6.76. The van der Waals surface area contributed by atoms with Gasteiger partial charge in [0, 0.05) is 28.8 Å². The molecule has 0 aliphatic carbocycles. The zero-order valence-corrected chi connectivity index (χ0v) is 13.7. The van der Waals surface area contributed by atoms with Gasteiger partial charge >= 0.3 is 6.61 Å². The van der Waals surface area contributed by atoms with E-state index >= 15 is 0 Å². The number of hydrogen-bond donors (Lipinski definition) is 1. The topological polar surface area (TPSA) is 52.6 Å². The summed E-state index contributed by atoms with van der Waals surface area (Å²) in [5.74, 6) is 1.57. The molecule has 3 rings (SSSR count). The molecule has 1 aromatic carbocycles. The number of hydrogen-bond acceptors (Lipinski definition) is 5. The van der Waals surface area contributed by atoms with E-state index in [-0.39, 0.29) is 19.1 Å². The summed E-state index contributed by atoms with van der Waals surface area (Å²) in [5, 5.41) is 3.08. The number of halogens is 3. The van der Waals surface area contributed by atoms with Gasteiger partial charge in [0.1, 0.15) is 11.6 Å². The second kappa shape index (κ2) is 6.57. The summed E-state index contributed by atoms with van der Waals surface area (Å²) in [6.07, 6.45) is 1.67. The van der Waals surface area contributed by atoms with Gasteiger partial charge in [-0.05, 0) is 40.5 Å². The molecule has 0 spiro atoms. The molecule has 1 aliphatic heterocycles. The third kappa shape index (κ3) is 3.64. The Bertz CT molecular complexity index is 728. The molecule has 8 heteroatoms. The van der Waals surface area contributed by atoms with Crippen LogP contribution in [0, 0.1) is 6.92 Å². The molecule has 23 heavy (non-hydrogen) atoms. The standard InChI is InChI=1S/C15H13BrF2N2O3/c1-8-2-14(20-6-10(8)16)19-5-9-3-12-13(22-7-21-12)4-11(9)23-15(17)18/h2-4,6,15H,5,7H2,1H3,(H,19,20). The lowest BCUT2D eigenvalue weighted by Crippen LogP contribution is -2.08. The number of aryl methyl sites for hydroxylation is 1. The van der Waals surface area contributed by atoms with Crippen LogP contribution in [0.4, 0.5) is 14.6 Å². The minimum Gasteiger partial charge on any atom is -0.454 e. The van der Waals surface area contributed by atoms with Gasteiger partial charge in [-0.2, -0.15) is 8.78 Å².